The number of aromatic nitrogens is 1. The van der Waals surface area contributed by atoms with Gasteiger partial charge >= 0.3 is 0 Å². The van der Waals surface area contributed by atoms with E-state index in [2.05, 4.69) is 24.0 Å². The number of hydrogen-bond donors (Lipinski definition) is 0. The number of nitrogens with zero attached hydrogens (tertiary/aromatic N) is 2. The van der Waals surface area contributed by atoms with Crippen LogP contribution in [0.3, 0.4) is 0 Å². The zero-order valence-electron chi connectivity index (χ0n) is 13.8. The molecular formula is C19H24N2O2. The van der Waals surface area contributed by atoms with Crippen LogP contribution in [0.15, 0.2) is 54.9 Å². The molecule has 4 heteroatoms. The number of carbonyl (C=O) groups is 1. The standard InChI is InChI=1S/C19H24N2O2/c1-16(10-11-17-7-4-3-5-8-17)21(19(22)15-23-2)14-18-9-6-12-20-13-18/h3-9,12-13,16H,10-11,14-15H2,1-2H3. The summed E-state index contributed by atoms with van der Waals surface area (Å²) in [6, 6.07) is 14.4. The maximum Gasteiger partial charge on any atom is 0.249 e. The Labute approximate surface area is 138 Å². The van der Waals surface area contributed by atoms with E-state index in [0.717, 1.165) is 18.4 Å². The van der Waals surface area contributed by atoms with E-state index in [4.69, 9.17) is 4.74 Å². The number of aryl methyl sites for hydroxylation is 1. The van der Waals surface area contributed by atoms with Crippen LogP contribution in [-0.4, -0.2) is 35.5 Å². The Kier molecular flexibility index (Phi) is 6.76. The summed E-state index contributed by atoms with van der Waals surface area (Å²) >= 11 is 0. The highest BCUT2D eigenvalue weighted by molar-refractivity contribution is 5.77. The molecule has 1 unspecified atom stereocenters. The average Bonchev–Trinajstić information content (AvgIpc) is 2.59. The van der Waals surface area contributed by atoms with E-state index in [9.17, 15) is 4.79 Å². The summed E-state index contributed by atoms with van der Waals surface area (Å²) in [6.07, 6.45) is 5.41. The highest BCUT2D eigenvalue weighted by Crippen LogP contribution is 2.14. The number of amides is 1. The van der Waals surface area contributed by atoms with E-state index in [-0.39, 0.29) is 18.6 Å². The minimum absolute atomic E-state index is 0.0110. The van der Waals surface area contributed by atoms with E-state index in [1.54, 1.807) is 19.5 Å². The third kappa shape index (κ3) is 5.49. The lowest BCUT2D eigenvalue weighted by molar-refractivity contribution is -0.138. The molecular weight excluding hydrogens is 288 g/mol. The lowest BCUT2D eigenvalue weighted by atomic mass is 10.0. The molecule has 0 aliphatic carbocycles. The maximum absolute atomic E-state index is 12.4. The van der Waals surface area contributed by atoms with Crippen LogP contribution < -0.4 is 0 Å². The SMILES string of the molecule is COCC(=O)N(Cc1cccnc1)C(C)CCc1ccccc1. The van der Waals surface area contributed by atoms with Gasteiger partial charge in [-0.1, -0.05) is 36.4 Å². The third-order valence-corrected chi connectivity index (χ3v) is 3.89. The minimum atomic E-state index is 0.0110. The van der Waals surface area contributed by atoms with Gasteiger partial charge < -0.3 is 9.64 Å². The normalized spacial score (nSPS) is 11.9. The molecule has 1 heterocycles. The van der Waals surface area contributed by atoms with E-state index < -0.39 is 0 Å². The van der Waals surface area contributed by atoms with Gasteiger partial charge in [0, 0.05) is 32.1 Å². The summed E-state index contributed by atoms with van der Waals surface area (Å²) in [5.74, 6) is 0.0110. The van der Waals surface area contributed by atoms with Gasteiger partial charge in [0.25, 0.3) is 0 Å². The Morgan fingerprint density at radius 3 is 2.57 bits per heavy atom. The smallest absolute Gasteiger partial charge is 0.249 e. The Morgan fingerprint density at radius 2 is 1.91 bits per heavy atom. The monoisotopic (exact) mass is 312 g/mol. The Bertz CT molecular complexity index is 587. The van der Waals surface area contributed by atoms with Gasteiger partial charge in [0.15, 0.2) is 0 Å². The second kappa shape index (κ2) is 9.06. The summed E-state index contributed by atoms with van der Waals surface area (Å²) < 4.78 is 5.03. The second-order valence-corrected chi connectivity index (χ2v) is 5.69. The molecule has 0 fully saturated rings. The molecule has 0 aliphatic heterocycles. The first-order valence-electron chi connectivity index (χ1n) is 7.92. The zero-order valence-corrected chi connectivity index (χ0v) is 13.8. The van der Waals surface area contributed by atoms with E-state index in [1.165, 1.54) is 5.56 Å². The van der Waals surface area contributed by atoms with Crippen molar-refractivity contribution in [3.63, 3.8) is 0 Å². The molecule has 23 heavy (non-hydrogen) atoms. The van der Waals surface area contributed by atoms with Crippen molar-refractivity contribution in [2.24, 2.45) is 0 Å². The number of rotatable bonds is 8. The Hall–Kier alpha value is -2.20. The molecule has 4 nitrogen and oxygen atoms in total. The number of carbonyl (C=O) groups excluding carboxylic acids is 1. The topological polar surface area (TPSA) is 42.4 Å². The van der Waals surface area contributed by atoms with Crippen molar-refractivity contribution in [3.8, 4) is 0 Å². The fourth-order valence-corrected chi connectivity index (χ4v) is 2.56. The van der Waals surface area contributed by atoms with Gasteiger partial charge in [-0.25, -0.2) is 0 Å². The van der Waals surface area contributed by atoms with Crippen LogP contribution in [0.4, 0.5) is 0 Å². The minimum Gasteiger partial charge on any atom is -0.375 e. The van der Waals surface area contributed by atoms with E-state index in [1.807, 2.05) is 35.2 Å². The van der Waals surface area contributed by atoms with Gasteiger partial charge in [-0.15, -0.1) is 0 Å². The molecule has 0 saturated heterocycles. The van der Waals surface area contributed by atoms with Gasteiger partial charge in [0.05, 0.1) is 0 Å². The maximum atomic E-state index is 12.4. The van der Waals surface area contributed by atoms with Crippen LogP contribution in [0, 0.1) is 0 Å². The molecule has 0 aliphatic rings. The summed E-state index contributed by atoms with van der Waals surface area (Å²) in [4.78, 5) is 18.4. The van der Waals surface area contributed by atoms with Crippen molar-refractivity contribution < 1.29 is 9.53 Å². The van der Waals surface area contributed by atoms with Crippen molar-refractivity contribution in [3.05, 3.63) is 66.0 Å². The number of hydrogen-bond acceptors (Lipinski definition) is 3. The largest absolute Gasteiger partial charge is 0.375 e. The molecule has 1 amide bonds. The first-order valence-corrected chi connectivity index (χ1v) is 7.92. The zero-order chi connectivity index (χ0) is 16.5. The van der Waals surface area contributed by atoms with Gasteiger partial charge in [0.1, 0.15) is 6.61 Å². The van der Waals surface area contributed by atoms with Gasteiger partial charge in [-0.3, -0.25) is 9.78 Å². The molecule has 2 rings (SSSR count). The predicted molar refractivity (Wildman–Crippen MR) is 90.9 cm³/mol. The molecule has 2 aromatic rings. The number of ether oxygens (including phenoxy) is 1. The molecule has 0 saturated carbocycles. The van der Waals surface area contributed by atoms with Crippen LogP contribution in [-0.2, 0) is 22.5 Å². The molecule has 0 spiro atoms. The molecule has 1 aromatic carbocycles. The molecule has 0 radical (unpaired) electrons. The average molecular weight is 312 g/mol. The van der Waals surface area contributed by atoms with Crippen LogP contribution in [0.1, 0.15) is 24.5 Å². The molecule has 0 N–H and O–H groups in total. The quantitative estimate of drug-likeness (QED) is 0.752. The van der Waals surface area contributed by atoms with Crippen molar-refractivity contribution in [1.29, 1.82) is 0 Å². The second-order valence-electron chi connectivity index (χ2n) is 5.69. The molecule has 1 atom stereocenters. The fourth-order valence-electron chi connectivity index (χ4n) is 2.56. The van der Waals surface area contributed by atoms with E-state index >= 15 is 0 Å². The van der Waals surface area contributed by atoms with Crippen LogP contribution in [0.5, 0.6) is 0 Å². The lowest BCUT2D eigenvalue weighted by Crippen LogP contribution is -2.40. The molecule has 122 valence electrons. The van der Waals surface area contributed by atoms with Gasteiger partial charge in [-0.05, 0) is 37.0 Å². The molecule has 0 bridgehead atoms. The van der Waals surface area contributed by atoms with Crippen LogP contribution in [0.2, 0.25) is 0 Å². The number of methoxy groups -OCH3 is 1. The first kappa shape index (κ1) is 17.2. The lowest BCUT2D eigenvalue weighted by Gasteiger charge is -2.29. The van der Waals surface area contributed by atoms with Crippen LogP contribution >= 0.6 is 0 Å². The highest BCUT2D eigenvalue weighted by Gasteiger charge is 2.20. The first-order chi connectivity index (χ1) is 11.2. The number of benzene rings is 1. The summed E-state index contributed by atoms with van der Waals surface area (Å²) in [5.41, 5.74) is 2.32. The molecule has 1 aromatic heterocycles. The van der Waals surface area contributed by atoms with Gasteiger partial charge in [0.2, 0.25) is 5.91 Å². The van der Waals surface area contributed by atoms with Crippen molar-refractivity contribution >= 4 is 5.91 Å². The Balaban J connectivity index is 2.01. The van der Waals surface area contributed by atoms with Crippen molar-refractivity contribution in [1.82, 2.24) is 9.88 Å². The predicted octanol–water partition coefficient (Wildman–Crippen LogP) is 3.08. The number of pyridine rings is 1. The summed E-state index contributed by atoms with van der Waals surface area (Å²) in [7, 11) is 1.55. The van der Waals surface area contributed by atoms with Crippen LogP contribution in [0.25, 0.3) is 0 Å². The fraction of sp³-hybridized carbons (Fsp3) is 0.368. The summed E-state index contributed by atoms with van der Waals surface area (Å²) in [5, 5.41) is 0. The third-order valence-electron chi connectivity index (χ3n) is 3.89. The Morgan fingerprint density at radius 1 is 1.17 bits per heavy atom. The highest BCUT2D eigenvalue weighted by atomic mass is 16.5. The van der Waals surface area contributed by atoms with Crippen molar-refractivity contribution in [2.45, 2.75) is 32.4 Å². The van der Waals surface area contributed by atoms with Crippen molar-refractivity contribution in [2.75, 3.05) is 13.7 Å². The summed E-state index contributed by atoms with van der Waals surface area (Å²) in [6.45, 7) is 2.76. The van der Waals surface area contributed by atoms with E-state index in [0.29, 0.717) is 6.54 Å². The van der Waals surface area contributed by atoms with Gasteiger partial charge in [-0.2, -0.15) is 0 Å².